The van der Waals surface area contributed by atoms with Crippen molar-refractivity contribution in [2.75, 3.05) is 14.2 Å². The zero-order valence-corrected chi connectivity index (χ0v) is 17.0. The maximum absolute atomic E-state index is 13.3. The van der Waals surface area contributed by atoms with E-state index in [1.54, 1.807) is 24.3 Å². The fourth-order valence-corrected chi connectivity index (χ4v) is 3.86. The second kappa shape index (κ2) is 7.82. The Morgan fingerprint density at radius 2 is 1.18 bits per heavy atom. The molecule has 0 radical (unpaired) electrons. The molecule has 0 atom stereocenters. The number of ether oxygens (including phenoxy) is 2. The number of carbonyl (C=O) groups excluding carboxylic acids is 2. The van der Waals surface area contributed by atoms with Gasteiger partial charge in [0.15, 0.2) is 11.6 Å². The van der Waals surface area contributed by atoms with E-state index in [-0.39, 0.29) is 47.0 Å². The number of methoxy groups -OCH3 is 2. The van der Waals surface area contributed by atoms with Gasteiger partial charge in [-0.25, -0.2) is 0 Å². The molecule has 0 amide bonds. The van der Waals surface area contributed by atoms with Crippen LogP contribution in [0.4, 0.5) is 0 Å². The number of fused-ring (bicyclic) bond motifs is 2. The van der Waals surface area contributed by atoms with E-state index in [4.69, 9.17) is 32.7 Å². The van der Waals surface area contributed by atoms with E-state index in [9.17, 15) is 9.59 Å². The van der Waals surface area contributed by atoms with E-state index in [2.05, 4.69) is 13.2 Å². The summed E-state index contributed by atoms with van der Waals surface area (Å²) in [4.78, 5) is 26.6. The van der Waals surface area contributed by atoms with Crippen LogP contribution in [-0.4, -0.2) is 25.8 Å². The first kappa shape index (κ1) is 20.2. The van der Waals surface area contributed by atoms with Gasteiger partial charge in [-0.2, -0.15) is 0 Å². The summed E-state index contributed by atoms with van der Waals surface area (Å²) in [5, 5.41) is 0.688. The molecule has 0 N–H and O–H groups in total. The third-order valence-corrected chi connectivity index (χ3v) is 4.90. The van der Waals surface area contributed by atoms with Crippen LogP contribution in [0.25, 0.3) is 0 Å². The van der Waals surface area contributed by atoms with Gasteiger partial charge >= 0.3 is 0 Å². The minimum Gasteiger partial charge on any atom is -0.496 e. The molecule has 0 fully saturated rings. The summed E-state index contributed by atoms with van der Waals surface area (Å²) in [5.41, 5.74) is 2.18. The molecule has 0 saturated carbocycles. The van der Waals surface area contributed by atoms with Crippen molar-refractivity contribution in [3.63, 3.8) is 0 Å². The number of carbonyl (C=O) groups is 2. The van der Waals surface area contributed by atoms with E-state index in [0.29, 0.717) is 32.3 Å². The van der Waals surface area contributed by atoms with Crippen LogP contribution in [0.5, 0.6) is 11.5 Å². The second-order valence-corrected chi connectivity index (χ2v) is 7.43. The summed E-state index contributed by atoms with van der Waals surface area (Å²) >= 11 is 12.2. The van der Waals surface area contributed by atoms with E-state index in [1.807, 2.05) is 0 Å². The monoisotopic (exact) mass is 416 g/mol. The first-order valence-electron chi connectivity index (χ1n) is 8.46. The lowest BCUT2D eigenvalue weighted by molar-refractivity contribution is 0.0973. The second-order valence-electron chi connectivity index (χ2n) is 6.37. The van der Waals surface area contributed by atoms with Gasteiger partial charge in [0.2, 0.25) is 0 Å². The third-order valence-electron chi connectivity index (χ3n) is 4.63. The van der Waals surface area contributed by atoms with Crippen LogP contribution in [0.2, 0.25) is 0 Å². The summed E-state index contributed by atoms with van der Waals surface area (Å²) < 4.78 is 11.2. The number of halogens is 2. The van der Waals surface area contributed by atoms with Crippen molar-refractivity contribution in [2.24, 2.45) is 0 Å². The van der Waals surface area contributed by atoms with Crippen LogP contribution in [0.1, 0.15) is 43.0 Å². The van der Waals surface area contributed by atoms with E-state index in [0.717, 1.165) is 0 Å². The van der Waals surface area contributed by atoms with Gasteiger partial charge in [-0.1, -0.05) is 60.6 Å². The summed E-state index contributed by atoms with van der Waals surface area (Å²) in [6, 6.07) is 6.68. The molecule has 0 bridgehead atoms. The summed E-state index contributed by atoms with van der Waals surface area (Å²) in [5.74, 6) is -0.0622. The minimum absolute atomic E-state index is 0.167. The molecule has 1 aliphatic rings. The number of hydrogen-bond acceptors (Lipinski definition) is 4. The summed E-state index contributed by atoms with van der Waals surface area (Å²) in [6.45, 7) is 7.49. The van der Waals surface area contributed by atoms with Gasteiger partial charge in [0.25, 0.3) is 0 Å². The molecule has 0 spiro atoms. The highest BCUT2D eigenvalue weighted by Gasteiger charge is 2.38. The Morgan fingerprint density at radius 1 is 0.821 bits per heavy atom. The largest absolute Gasteiger partial charge is 0.496 e. The van der Waals surface area contributed by atoms with Gasteiger partial charge in [-0.15, -0.1) is 0 Å². The average molecular weight is 417 g/mol. The molecular formula is C22H18Cl2O4. The Kier molecular flexibility index (Phi) is 5.64. The standard InChI is InChI=1S/C22H18Cl2O4/c1-11(23)9-15-16(10-12(2)24)22(28-4)18-17(21(15)27-3)19(25)13-7-5-6-8-14(13)20(18)26/h5-8H,1-2,9-10H2,3-4H3. The number of ketones is 2. The molecule has 0 aliphatic heterocycles. The van der Waals surface area contributed by atoms with Crippen LogP contribution in [0, 0.1) is 0 Å². The fraction of sp³-hybridized carbons (Fsp3) is 0.182. The lowest BCUT2D eigenvalue weighted by Gasteiger charge is -2.27. The highest BCUT2D eigenvalue weighted by molar-refractivity contribution is 6.32. The molecule has 28 heavy (non-hydrogen) atoms. The van der Waals surface area contributed by atoms with Gasteiger partial charge in [0.1, 0.15) is 11.5 Å². The highest BCUT2D eigenvalue weighted by Crippen LogP contribution is 2.45. The Labute approximate surface area is 173 Å². The maximum Gasteiger partial charge on any atom is 0.198 e. The van der Waals surface area contributed by atoms with Crippen molar-refractivity contribution in [3.05, 3.63) is 80.9 Å². The fourth-order valence-electron chi connectivity index (χ4n) is 3.59. The number of benzene rings is 2. The van der Waals surface area contributed by atoms with Gasteiger partial charge in [-0.05, 0) is 0 Å². The van der Waals surface area contributed by atoms with Crippen molar-refractivity contribution in [2.45, 2.75) is 12.8 Å². The van der Waals surface area contributed by atoms with Crippen LogP contribution in [0.15, 0.2) is 47.5 Å². The maximum atomic E-state index is 13.3. The number of allylic oxidation sites excluding steroid dienone is 2. The first-order valence-corrected chi connectivity index (χ1v) is 9.22. The van der Waals surface area contributed by atoms with Crippen molar-refractivity contribution in [3.8, 4) is 11.5 Å². The number of hydrogen-bond donors (Lipinski definition) is 0. The molecule has 6 heteroatoms. The number of rotatable bonds is 6. The molecule has 4 nitrogen and oxygen atoms in total. The topological polar surface area (TPSA) is 52.6 Å². The highest BCUT2D eigenvalue weighted by atomic mass is 35.5. The molecule has 2 aromatic rings. The molecule has 3 rings (SSSR count). The molecule has 0 unspecified atom stereocenters. The lowest BCUT2D eigenvalue weighted by atomic mass is 9.79. The van der Waals surface area contributed by atoms with E-state index >= 15 is 0 Å². The van der Waals surface area contributed by atoms with Gasteiger partial charge < -0.3 is 9.47 Å². The van der Waals surface area contributed by atoms with Crippen LogP contribution >= 0.6 is 23.2 Å². The smallest absolute Gasteiger partial charge is 0.198 e. The predicted octanol–water partition coefficient (Wildman–Crippen LogP) is 5.07. The van der Waals surface area contributed by atoms with Crippen molar-refractivity contribution < 1.29 is 19.1 Å². The molecule has 1 aliphatic carbocycles. The van der Waals surface area contributed by atoms with Crippen LogP contribution in [0.3, 0.4) is 0 Å². The Hall–Kier alpha value is -2.56. The normalized spacial score (nSPS) is 12.3. The lowest BCUT2D eigenvalue weighted by Crippen LogP contribution is -2.24. The minimum atomic E-state index is -0.307. The van der Waals surface area contributed by atoms with Crippen molar-refractivity contribution in [1.82, 2.24) is 0 Å². The quantitative estimate of drug-likeness (QED) is 0.562. The predicted molar refractivity (Wildman–Crippen MR) is 110 cm³/mol. The summed E-state index contributed by atoms with van der Waals surface area (Å²) in [6.07, 6.45) is 0.438. The molecule has 0 heterocycles. The van der Waals surface area contributed by atoms with Crippen molar-refractivity contribution >= 4 is 34.8 Å². The zero-order chi connectivity index (χ0) is 20.6. The van der Waals surface area contributed by atoms with Crippen LogP contribution in [-0.2, 0) is 12.8 Å². The molecule has 0 saturated heterocycles. The third kappa shape index (κ3) is 3.23. The molecule has 0 aromatic heterocycles. The van der Waals surface area contributed by atoms with Gasteiger partial charge in [0, 0.05) is 45.2 Å². The zero-order valence-electron chi connectivity index (χ0n) is 15.5. The molecule has 2 aromatic carbocycles. The average Bonchev–Trinajstić information content (AvgIpc) is 2.65. The van der Waals surface area contributed by atoms with Gasteiger partial charge in [0.05, 0.1) is 25.3 Å². The van der Waals surface area contributed by atoms with Crippen molar-refractivity contribution in [1.29, 1.82) is 0 Å². The van der Waals surface area contributed by atoms with Crippen LogP contribution < -0.4 is 9.47 Å². The summed E-state index contributed by atoms with van der Waals surface area (Å²) in [7, 11) is 2.89. The molecule has 144 valence electrons. The van der Waals surface area contributed by atoms with E-state index in [1.165, 1.54) is 14.2 Å². The Balaban J connectivity index is 2.46. The Bertz CT molecular complexity index is 955. The van der Waals surface area contributed by atoms with E-state index < -0.39 is 0 Å². The SMILES string of the molecule is C=C(Cl)Cc1c(CC(=C)Cl)c(OC)c2c(c1OC)C(=O)c1ccccc1C2=O. The first-order chi connectivity index (χ1) is 13.3. The molecular weight excluding hydrogens is 399 g/mol. The Morgan fingerprint density at radius 3 is 1.46 bits per heavy atom. The van der Waals surface area contributed by atoms with Gasteiger partial charge in [-0.3, -0.25) is 9.59 Å².